The van der Waals surface area contributed by atoms with Crippen LogP contribution in [0.25, 0.3) is 16.5 Å². The molecular formula is C25H24N4OS. The molecule has 2 aliphatic rings. The molecule has 1 amide bonds. The summed E-state index contributed by atoms with van der Waals surface area (Å²) >= 11 is 1.60. The lowest BCUT2D eigenvalue weighted by molar-refractivity contribution is -0.116. The number of unbranched alkanes of at least 4 members (excludes halogenated alkanes) is 2. The summed E-state index contributed by atoms with van der Waals surface area (Å²) < 4.78 is 0. The third-order valence-electron chi connectivity index (χ3n) is 5.57. The van der Waals surface area contributed by atoms with E-state index < -0.39 is 0 Å². The molecule has 5 nitrogen and oxygen atoms in total. The molecule has 31 heavy (non-hydrogen) atoms. The Morgan fingerprint density at radius 1 is 1.00 bits per heavy atom. The Balaban J connectivity index is 1.60. The summed E-state index contributed by atoms with van der Waals surface area (Å²) in [5, 5.41) is 14.2. The molecule has 1 unspecified atom stereocenters. The van der Waals surface area contributed by atoms with Gasteiger partial charge >= 0.3 is 0 Å². The van der Waals surface area contributed by atoms with Gasteiger partial charge < -0.3 is 0 Å². The maximum absolute atomic E-state index is 13.2. The van der Waals surface area contributed by atoms with Crippen LogP contribution in [-0.4, -0.2) is 21.8 Å². The molecule has 1 atom stereocenters. The van der Waals surface area contributed by atoms with Crippen LogP contribution in [0.5, 0.6) is 0 Å². The highest BCUT2D eigenvalue weighted by Gasteiger charge is 2.34. The number of fused-ring (bicyclic) bond motifs is 3. The second-order valence-electron chi connectivity index (χ2n) is 7.73. The molecule has 6 heteroatoms. The number of carbonyl (C=O) groups excluding carboxylic acids is 1. The lowest BCUT2D eigenvalue weighted by Crippen LogP contribution is -2.50. The van der Waals surface area contributed by atoms with Gasteiger partial charge in [-0.05, 0) is 34.9 Å². The maximum atomic E-state index is 13.2. The summed E-state index contributed by atoms with van der Waals surface area (Å²) in [5.74, 6) is 0.811. The first-order valence-electron chi connectivity index (χ1n) is 10.7. The lowest BCUT2D eigenvalue weighted by Gasteiger charge is -2.34. The van der Waals surface area contributed by atoms with E-state index in [2.05, 4.69) is 42.6 Å². The van der Waals surface area contributed by atoms with Crippen molar-refractivity contribution in [2.24, 2.45) is 10.1 Å². The van der Waals surface area contributed by atoms with Crippen molar-refractivity contribution >= 4 is 39.3 Å². The largest absolute Gasteiger partial charge is 0.298 e. The van der Waals surface area contributed by atoms with Crippen LogP contribution in [0.2, 0.25) is 0 Å². The highest BCUT2D eigenvalue weighted by Crippen LogP contribution is 2.32. The highest BCUT2D eigenvalue weighted by molar-refractivity contribution is 8.13. The van der Waals surface area contributed by atoms with Gasteiger partial charge in [0.15, 0.2) is 11.3 Å². The first kappa shape index (κ1) is 19.8. The van der Waals surface area contributed by atoms with Gasteiger partial charge in [-0.1, -0.05) is 86.1 Å². The predicted octanol–water partition coefficient (Wildman–Crippen LogP) is 3.91. The zero-order valence-corrected chi connectivity index (χ0v) is 18.2. The van der Waals surface area contributed by atoms with Crippen molar-refractivity contribution in [3.63, 3.8) is 0 Å². The molecule has 0 radical (unpaired) electrons. The molecule has 5 rings (SSSR count). The van der Waals surface area contributed by atoms with Crippen LogP contribution in [0.4, 0.5) is 0 Å². The Kier molecular flexibility index (Phi) is 5.47. The summed E-state index contributed by atoms with van der Waals surface area (Å²) in [6.45, 7) is 2.19. The SMILES string of the molecule is CCCCCSC1=NN2C(=c3ccccc3=NC2c2ccc3ccccc3c2)C(=O)N1. The molecular weight excluding hydrogens is 404 g/mol. The molecule has 0 fully saturated rings. The van der Waals surface area contributed by atoms with E-state index in [-0.39, 0.29) is 12.1 Å². The molecule has 156 valence electrons. The molecule has 0 saturated carbocycles. The van der Waals surface area contributed by atoms with Gasteiger partial charge in [-0.25, -0.2) is 5.01 Å². The molecule has 0 saturated heterocycles. The number of amides is 1. The third-order valence-corrected chi connectivity index (χ3v) is 6.52. The van der Waals surface area contributed by atoms with Crippen molar-refractivity contribution in [3.8, 4) is 0 Å². The van der Waals surface area contributed by atoms with E-state index in [1.807, 2.05) is 36.4 Å². The van der Waals surface area contributed by atoms with E-state index in [1.165, 1.54) is 18.2 Å². The molecule has 0 aliphatic carbocycles. The first-order chi connectivity index (χ1) is 15.2. The van der Waals surface area contributed by atoms with E-state index >= 15 is 0 Å². The molecule has 3 aromatic rings. The van der Waals surface area contributed by atoms with Gasteiger partial charge in [-0.3, -0.25) is 15.1 Å². The minimum absolute atomic E-state index is 0.124. The molecule has 0 spiro atoms. The summed E-state index contributed by atoms with van der Waals surface area (Å²) in [4.78, 5) is 18.1. The minimum Gasteiger partial charge on any atom is -0.298 e. The number of carbonyl (C=O) groups is 1. The van der Waals surface area contributed by atoms with E-state index in [4.69, 9.17) is 10.1 Å². The topological polar surface area (TPSA) is 57.1 Å². The zero-order chi connectivity index (χ0) is 21.2. The fourth-order valence-corrected chi connectivity index (χ4v) is 4.85. The second-order valence-corrected chi connectivity index (χ2v) is 8.82. The molecule has 2 heterocycles. The van der Waals surface area contributed by atoms with Gasteiger partial charge in [-0.2, -0.15) is 0 Å². The third kappa shape index (κ3) is 3.83. The number of nitrogens with zero attached hydrogens (tertiary/aromatic N) is 3. The van der Waals surface area contributed by atoms with Crippen LogP contribution >= 0.6 is 11.8 Å². The average Bonchev–Trinajstić information content (AvgIpc) is 2.81. The van der Waals surface area contributed by atoms with Crippen LogP contribution in [0.1, 0.15) is 37.9 Å². The standard InChI is InChI=1S/C25H24N4OS/c1-2-3-8-15-31-25-27-24(30)22-20-11-6-7-12-21(20)26-23(29(22)28-25)19-14-13-17-9-4-5-10-18(17)16-19/h4-7,9-14,16,23H,2-3,8,15H2,1H3,(H,27,28,30). The molecule has 0 aromatic heterocycles. The summed E-state index contributed by atoms with van der Waals surface area (Å²) in [5.41, 5.74) is 1.57. The van der Waals surface area contributed by atoms with Crippen LogP contribution in [0.3, 0.4) is 0 Å². The van der Waals surface area contributed by atoms with E-state index in [0.29, 0.717) is 10.9 Å². The second kappa shape index (κ2) is 8.55. The van der Waals surface area contributed by atoms with E-state index in [9.17, 15) is 4.79 Å². The number of hydrazone groups is 1. The normalized spacial score (nSPS) is 17.5. The minimum atomic E-state index is -0.383. The molecule has 1 N–H and O–H groups in total. The van der Waals surface area contributed by atoms with Gasteiger partial charge in [0.1, 0.15) is 5.70 Å². The zero-order valence-electron chi connectivity index (χ0n) is 17.4. The Bertz CT molecular complexity index is 1300. The average molecular weight is 429 g/mol. The summed E-state index contributed by atoms with van der Waals surface area (Å²) in [7, 11) is 0. The number of hydrogen-bond donors (Lipinski definition) is 1. The van der Waals surface area contributed by atoms with Gasteiger partial charge in [0.25, 0.3) is 5.91 Å². The Morgan fingerprint density at radius 3 is 2.68 bits per heavy atom. The fraction of sp³-hybridized carbons (Fsp3) is 0.240. The molecule has 0 bridgehead atoms. The molecule has 2 aliphatic heterocycles. The Morgan fingerprint density at radius 2 is 1.81 bits per heavy atom. The van der Waals surface area contributed by atoms with Crippen molar-refractivity contribution in [1.29, 1.82) is 0 Å². The smallest absolute Gasteiger partial charge is 0.276 e. The van der Waals surface area contributed by atoms with Crippen molar-refractivity contribution in [2.45, 2.75) is 32.4 Å². The maximum Gasteiger partial charge on any atom is 0.276 e. The number of hydrogen-bond acceptors (Lipinski definition) is 5. The van der Waals surface area contributed by atoms with Gasteiger partial charge in [0, 0.05) is 11.0 Å². The first-order valence-corrected chi connectivity index (χ1v) is 11.7. The van der Waals surface area contributed by atoms with Crippen molar-refractivity contribution < 1.29 is 4.79 Å². The molecule has 3 aromatic carbocycles. The Hall–Kier alpha value is -3.12. The van der Waals surface area contributed by atoms with Crippen LogP contribution in [0, 0.1) is 0 Å². The number of benzene rings is 3. The van der Waals surface area contributed by atoms with Crippen molar-refractivity contribution in [2.75, 3.05) is 5.75 Å². The highest BCUT2D eigenvalue weighted by atomic mass is 32.2. The monoisotopic (exact) mass is 428 g/mol. The lowest BCUT2D eigenvalue weighted by atomic mass is 10.0. The number of rotatable bonds is 5. The Labute approximate surface area is 185 Å². The van der Waals surface area contributed by atoms with Gasteiger partial charge in [0.05, 0.1) is 5.36 Å². The number of para-hydroxylation sites is 1. The number of nitrogens with one attached hydrogen (secondary N) is 1. The number of amidine groups is 1. The fourth-order valence-electron chi connectivity index (χ4n) is 4.00. The summed E-state index contributed by atoms with van der Waals surface area (Å²) in [6, 6.07) is 22.4. The predicted molar refractivity (Wildman–Crippen MR) is 127 cm³/mol. The van der Waals surface area contributed by atoms with E-state index in [0.717, 1.165) is 33.7 Å². The van der Waals surface area contributed by atoms with Crippen molar-refractivity contribution in [3.05, 3.63) is 82.9 Å². The van der Waals surface area contributed by atoms with Crippen LogP contribution in [-0.2, 0) is 4.79 Å². The van der Waals surface area contributed by atoms with Crippen molar-refractivity contribution in [1.82, 2.24) is 10.3 Å². The van der Waals surface area contributed by atoms with Gasteiger partial charge in [0.2, 0.25) is 0 Å². The number of thioether (sulfide) groups is 1. The van der Waals surface area contributed by atoms with Crippen LogP contribution < -0.4 is 15.9 Å². The van der Waals surface area contributed by atoms with E-state index in [1.54, 1.807) is 16.8 Å². The van der Waals surface area contributed by atoms with Gasteiger partial charge in [-0.15, -0.1) is 5.10 Å². The summed E-state index contributed by atoms with van der Waals surface area (Å²) in [6.07, 6.45) is 3.07. The quantitative estimate of drug-likeness (QED) is 0.627. The van der Waals surface area contributed by atoms with Crippen LogP contribution in [0.15, 0.2) is 76.8 Å².